The van der Waals surface area contributed by atoms with E-state index in [4.69, 9.17) is 0 Å². The highest BCUT2D eigenvalue weighted by Crippen LogP contribution is 2.07. The first-order valence-corrected chi connectivity index (χ1v) is 5.68. The van der Waals surface area contributed by atoms with E-state index in [1.165, 1.54) is 0 Å². The second-order valence-corrected chi connectivity index (χ2v) is 3.63. The van der Waals surface area contributed by atoms with Crippen molar-refractivity contribution in [1.29, 1.82) is 0 Å². The van der Waals surface area contributed by atoms with Crippen LogP contribution in [-0.2, 0) is 0 Å². The number of aromatic nitrogens is 1. The van der Waals surface area contributed by atoms with E-state index in [0.717, 1.165) is 23.4 Å². The van der Waals surface area contributed by atoms with Crippen LogP contribution in [0, 0.1) is 0 Å². The van der Waals surface area contributed by atoms with Gasteiger partial charge in [0.2, 0.25) is 0 Å². The molecule has 0 radical (unpaired) electrons. The molecule has 0 bridgehead atoms. The predicted octanol–water partition coefficient (Wildman–Crippen LogP) is 3.31. The van der Waals surface area contributed by atoms with E-state index in [1.807, 2.05) is 48.7 Å². The molecule has 17 heavy (non-hydrogen) atoms. The molecule has 2 aromatic rings. The van der Waals surface area contributed by atoms with Crippen molar-refractivity contribution >= 4 is 11.4 Å². The Kier molecular flexibility index (Phi) is 3.86. The van der Waals surface area contributed by atoms with E-state index < -0.39 is 0 Å². The quantitative estimate of drug-likeness (QED) is 0.640. The van der Waals surface area contributed by atoms with Crippen molar-refractivity contribution in [1.82, 2.24) is 4.98 Å². The van der Waals surface area contributed by atoms with E-state index >= 15 is 0 Å². The number of pyridine rings is 1. The maximum absolute atomic E-state index is 4.41. The second-order valence-electron chi connectivity index (χ2n) is 3.63. The standard InChI is InChI=1S/C14H15N3/c1-2-14(12-7-6-10-15-11-12)17-16-13-8-4-3-5-9-13/h3-11,16H,2H2,1H3. The molecule has 0 amide bonds. The molecule has 3 nitrogen and oxygen atoms in total. The monoisotopic (exact) mass is 225 g/mol. The van der Waals surface area contributed by atoms with Gasteiger partial charge < -0.3 is 0 Å². The van der Waals surface area contributed by atoms with Gasteiger partial charge in [0.25, 0.3) is 0 Å². The minimum absolute atomic E-state index is 0.867. The summed E-state index contributed by atoms with van der Waals surface area (Å²) in [5, 5.41) is 4.41. The predicted molar refractivity (Wildman–Crippen MR) is 71.1 cm³/mol. The smallest absolute Gasteiger partial charge is 0.0692 e. The number of rotatable bonds is 4. The maximum Gasteiger partial charge on any atom is 0.0692 e. The second kappa shape index (κ2) is 5.80. The minimum atomic E-state index is 0.867. The molecule has 0 fully saturated rings. The highest BCUT2D eigenvalue weighted by Gasteiger charge is 2.00. The Morgan fingerprint density at radius 3 is 2.65 bits per heavy atom. The van der Waals surface area contributed by atoms with E-state index in [9.17, 15) is 0 Å². The van der Waals surface area contributed by atoms with Crippen LogP contribution in [0.3, 0.4) is 0 Å². The van der Waals surface area contributed by atoms with Crippen LogP contribution in [0.25, 0.3) is 0 Å². The normalized spacial score (nSPS) is 11.2. The van der Waals surface area contributed by atoms with E-state index in [2.05, 4.69) is 22.4 Å². The van der Waals surface area contributed by atoms with Crippen LogP contribution < -0.4 is 5.43 Å². The third-order valence-corrected chi connectivity index (χ3v) is 2.42. The molecule has 0 saturated heterocycles. The highest BCUT2D eigenvalue weighted by atomic mass is 15.3. The van der Waals surface area contributed by atoms with Gasteiger partial charge in [0.05, 0.1) is 11.4 Å². The average Bonchev–Trinajstić information content (AvgIpc) is 2.42. The first-order chi connectivity index (χ1) is 8.40. The summed E-state index contributed by atoms with van der Waals surface area (Å²) in [4.78, 5) is 4.10. The van der Waals surface area contributed by atoms with Gasteiger partial charge in [-0.1, -0.05) is 31.2 Å². The molecule has 0 aliphatic rings. The van der Waals surface area contributed by atoms with Crippen LogP contribution in [0.15, 0.2) is 60.0 Å². The molecule has 0 saturated carbocycles. The molecule has 1 aromatic carbocycles. The third kappa shape index (κ3) is 3.14. The van der Waals surface area contributed by atoms with Crippen LogP contribution in [0.1, 0.15) is 18.9 Å². The Balaban J connectivity index is 2.14. The largest absolute Gasteiger partial charge is 0.278 e. The van der Waals surface area contributed by atoms with Crippen LogP contribution >= 0.6 is 0 Å². The van der Waals surface area contributed by atoms with Gasteiger partial charge in [-0.15, -0.1) is 0 Å². The molecular weight excluding hydrogens is 210 g/mol. The van der Waals surface area contributed by atoms with Gasteiger partial charge in [-0.3, -0.25) is 10.4 Å². The SMILES string of the molecule is CCC(=NNc1ccccc1)c1cccnc1. The maximum atomic E-state index is 4.41. The summed E-state index contributed by atoms with van der Waals surface area (Å²) in [5.41, 5.74) is 6.10. The fraction of sp³-hybridized carbons (Fsp3) is 0.143. The number of anilines is 1. The van der Waals surface area contributed by atoms with E-state index in [0.29, 0.717) is 0 Å². The number of nitrogens with one attached hydrogen (secondary N) is 1. The Morgan fingerprint density at radius 1 is 1.18 bits per heavy atom. The van der Waals surface area contributed by atoms with Crippen molar-refractivity contribution in [2.45, 2.75) is 13.3 Å². The van der Waals surface area contributed by atoms with Crippen LogP contribution in [0.2, 0.25) is 0 Å². The lowest BCUT2D eigenvalue weighted by Crippen LogP contribution is -2.03. The molecule has 1 aromatic heterocycles. The Morgan fingerprint density at radius 2 is 2.00 bits per heavy atom. The van der Waals surface area contributed by atoms with Crippen molar-refractivity contribution in [3.05, 3.63) is 60.4 Å². The lowest BCUT2D eigenvalue weighted by molar-refractivity contribution is 1.20. The van der Waals surface area contributed by atoms with Crippen LogP contribution in [0.5, 0.6) is 0 Å². The number of para-hydroxylation sites is 1. The molecular formula is C14H15N3. The molecule has 0 aliphatic carbocycles. The molecule has 2 rings (SSSR count). The van der Waals surface area contributed by atoms with Gasteiger partial charge in [0.1, 0.15) is 0 Å². The molecule has 1 heterocycles. The number of benzene rings is 1. The summed E-state index contributed by atoms with van der Waals surface area (Å²) in [6.45, 7) is 2.08. The number of hydrazone groups is 1. The van der Waals surface area contributed by atoms with Gasteiger partial charge in [0.15, 0.2) is 0 Å². The Labute approximate surface area is 101 Å². The molecule has 0 unspecified atom stereocenters. The summed E-state index contributed by atoms with van der Waals surface area (Å²) in [5.74, 6) is 0. The molecule has 0 aliphatic heterocycles. The van der Waals surface area contributed by atoms with Crippen molar-refractivity contribution in [3.8, 4) is 0 Å². The Bertz CT molecular complexity index is 477. The summed E-state index contributed by atoms with van der Waals surface area (Å²) < 4.78 is 0. The first kappa shape index (κ1) is 11.3. The van der Waals surface area contributed by atoms with E-state index in [1.54, 1.807) is 6.20 Å². The van der Waals surface area contributed by atoms with Gasteiger partial charge in [-0.2, -0.15) is 5.10 Å². The zero-order valence-electron chi connectivity index (χ0n) is 9.80. The van der Waals surface area contributed by atoms with Crippen LogP contribution in [-0.4, -0.2) is 10.7 Å². The van der Waals surface area contributed by atoms with E-state index in [-0.39, 0.29) is 0 Å². The van der Waals surface area contributed by atoms with Crippen molar-refractivity contribution < 1.29 is 0 Å². The average molecular weight is 225 g/mol. The third-order valence-electron chi connectivity index (χ3n) is 2.42. The molecule has 0 spiro atoms. The number of hydrogen-bond donors (Lipinski definition) is 1. The summed E-state index contributed by atoms with van der Waals surface area (Å²) in [6.07, 6.45) is 4.46. The number of nitrogens with zero attached hydrogens (tertiary/aromatic N) is 2. The van der Waals surface area contributed by atoms with Gasteiger partial charge in [-0.25, -0.2) is 0 Å². The zero-order chi connectivity index (χ0) is 11.9. The first-order valence-electron chi connectivity index (χ1n) is 5.68. The minimum Gasteiger partial charge on any atom is -0.278 e. The summed E-state index contributed by atoms with van der Waals surface area (Å²) >= 11 is 0. The van der Waals surface area contributed by atoms with Crippen molar-refractivity contribution in [2.75, 3.05) is 5.43 Å². The molecule has 0 atom stereocenters. The molecule has 86 valence electrons. The molecule has 3 heteroatoms. The summed E-state index contributed by atoms with van der Waals surface area (Å²) in [6, 6.07) is 13.9. The highest BCUT2D eigenvalue weighted by molar-refractivity contribution is 6.00. The topological polar surface area (TPSA) is 37.3 Å². The number of hydrogen-bond acceptors (Lipinski definition) is 3. The molecule has 1 N–H and O–H groups in total. The van der Waals surface area contributed by atoms with Gasteiger partial charge >= 0.3 is 0 Å². The lowest BCUT2D eigenvalue weighted by Gasteiger charge is -2.05. The van der Waals surface area contributed by atoms with Gasteiger partial charge in [0, 0.05) is 18.0 Å². The van der Waals surface area contributed by atoms with Crippen molar-refractivity contribution in [2.24, 2.45) is 5.10 Å². The zero-order valence-corrected chi connectivity index (χ0v) is 9.80. The summed E-state index contributed by atoms with van der Waals surface area (Å²) in [7, 11) is 0. The van der Waals surface area contributed by atoms with Gasteiger partial charge in [-0.05, 0) is 24.6 Å². The fourth-order valence-electron chi connectivity index (χ4n) is 1.53. The Hall–Kier alpha value is -2.16. The van der Waals surface area contributed by atoms with Crippen molar-refractivity contribution in [3.63, 3.8) is 0 Å². The lowest BCUT2D eigenvalue weighted by atomic mass is 10.1. The van der Waals surface area contributed by atoms with Crippen LogP contribution in [0.4, 0.5) is 5.69 Å². The fourth-order valence-corrected chi connectivity index (χ4v) is 1.53.